The Morgan fingerprint density at radius 1 is 1.90 bits per heavy atom. The van der Waals surface area contributed by atoms with Crippen molar-refractivity contribution < 1.29 is 14.3 Å². The molecule has 56 valence electrons. The number of ether oxygens (including phenoxy) is 2. The van der Waals surface area contributed by atoms with Crippen molar-refractivity contribution in [3.63, 3.8) is 0 Å². The summed E-state index contributed by atoms with van der Waals surface area (Å²) in [6, 6.07) is 0. The third-order valence-electron chi connectivity index (χ3n) is 1.30. The summed E-state index contributed by atoms with van der Waals surface area (Å²) in [7, 11) is 0. The Hall–Kier alpha value is -0.830. The average molecular weight is 142 g/mol. The lowest BCUT2D eigenvalue weighted by atomic mass is 10.3. The second-order valence-corrected chi connectivity index (χ2v) is 2.07. The van der Waals surface area contributed by atoms with Crippen LogP contribution in [0.5, 0.6) is 0 Å². The maximum absolute atomic E-state index is 10.7. The first-order chi connectivity index (χ1) is 4.84. The van der Waals surface area contributed by atoms with Gasteiger partial charge in [0.05, 0.1) is 13.2 Å². The monoisotopic (exact) mass is 142 g/mol. The Morgan fingerprint density at radius 3 is 3.20 bits per heavy atom. The zero-order valence-corrected chi connectivity index (χ0v) is 5.71. The standard InChI is InChI=1S/C7H10O3/c1-2-4-9-6-3-5-10-7(6)8/h2,6H,1,3-5H2/t6-/m1/s1. The van der Waals surface area contributed by atoms with E-state index in [2.05, 4.69) is 11.3 Å². The van der Waals surface area contributed by atoms with Crippen molar-refractivity contribution in [1.29, 1.82) is 0 Å². The number of cyclic esters (lactones) is 1. The van der Waals surface area contributed by atoms with Crippen molar-refractivity contribution in [3.05, 3.63) is 12.7 Å². The lowest BCUT2D eigenvalue weighted by Gasteiger charge is -2.03. The minimum atomic E-state index is -0.349. The van der Waals surface area contributed by atoms with Crippen LogP contribution < -0.4 is 0 Å². The van der Waals surface area contributed by atoms with Crippen LogP contribution in [-0.4, -0.2) is 25.3 Å². The van der Waals surface area contributed by atoms with E-state index in [9.17, 15) is 4.79 Å². The average Bonchev–Trinajstić information content (AvgIpc) is 2.31. The molecule has 1 saturated heterocycles. The largest absolute Gasteiger partial charge is 0.464 e. The summed E-state index contributed by atoms with van der Waals surface area (Å²) >= 11 is 0. The Kier molecular flexibility index (Phi) is 2.45. The van der Waals surface area contributed by atoms with Gasteiger partial charge in [-0.2, -0.15) is 0 Å². The van der Waals surface area contributed by atoms with Crippen LogP contribution in [0, 0.1) is 0 Å². The highest BCUT2D eigenvalue weighted by molar-refractivity contribution is 5.76. The van der Waals surface area contributed by atoms with Crippen LogP contribution in [0.2, 0.25) is 0 Å². The van der Waals surface area contributed by atoms with Crippen LogP contribution in [-0.2, 0) is 14.3 Å². The quantitative estimate of drug-likeness (QED) is 0.425. The Morgan fingerprint density at radius 2 is 2.70 bits per heavy atom. The van der Waals surface area contributed by atoms with E-state index in [1.807, 2.05) is 0 Å². The van der Waals surface area contributed by atoms with Crippen LogP contribution in [0.15, 0.2) is 12.7 Å². The van der Waals surface area contributed by atoms with Crippen molar-refractivity contribution in [1.82, 2.24) is 0 Å². The molecule has 0 unspecified atom stereocenters. The van der Waals surface area contributed by atoms with Crippen LogP contribution in [0.3, 0.4) is 0 Å². The topological polar surface area (TPSA) is 35.5 Å². The third kappa shape index (κ3) is 1.57. The molecule has 0 spiro atoms. The molecule has 0 aliphatic carbocycles. The molecule has 0 aromatic heterocycles. The number of carbonyl (C=O) groups excluding carboxylic acids is 1. The van der Waals surface area contributed by atoms with E-state index in [1.54, 1.807) is 6.08 Å². The second kappa shape index (κ2) is 3.37. The maximum atomic E-state index is 10.7. The van der Waals surface area contributed by atoms with Gasteiger partial charge in [-0.3, -0.25) is 0 Å². The van der Waals surface area contributed by atoms with Gasteiger partial charge in [0.1, 0.15) is 0 Å². The van der Waals surface area contributed by atoms with E-state index in [0.717, 1.165) is 0 Å². The Bertz CT molecular complexity index is 142. The highest BCUT2D eigenvalue weighted by Gasteiger charge is 2.26. The molecule has 1 aliphatic heterocycles. The zero-order valence-electron chi connectivity index (χ0n) is 5.71. The van der Waals surface area contributed by atoms with Gasteiger partial charge in [0.15, 0.2) is 6.10 Å². The predicted octanol–water partition coefficient (Wildman–Crippen LogP) is 0.504. The summed E-state index contributed by atoms with van der Waals surface area (Å²) in [5.41, 5.74) is 0. The summed E-state index contributed by atoms with van der Waals surface area (Å²) in [4.78, 5) is 10.7. The molecular formula is C7H10O3. The van der Waals surface area contributed by atoms with Gasteiger partial charge in [-0.05, 0) is 0 Å². The first-order valence-electron chi connectivity index (χ1n) is 3.23. The molecule has 1 rings (SSSR count). The van der Waals surface area contributed by atoms with Gasteiger partial charge < -0.3 is 9.47 Å². The molecule has 0 saturated carbocycles. The first kappa shape index (κ1) is 7.28. The molecule has 1 atom stereocenters. The molecule has 1 fully saturated rings. The van der Waals surface area contributed by atoms with Crippen molar-refractivity contribution >= 4 is 5.97 Å². The van der Waals surface area contributed by atoms with E-state index in [-0.39, 0.29) is 12.1 Å². The normalized spacial score (nSPS) is 24.4. The van der Waals surface area contributed by atoms with Crippen molar-refractivity contribution in [2.24, 2.45) is 0 Å². The van der Waals surface area contributed by atoms with Crippen LogP contribution in [0.4, 0.5) is 0 Å². The number of hydrogen-bond donors (Lipinski definition) is 0. The van der Waals surface area contributed by atoms with E-state index in [0.29, 0.717) is 19.6 Å². The molecule has 0 N–H and O–H groups in total. The number of rotatable bonds is 3. The van der Waals surface area contributed by atoms with Gasteiger partial charge in [-0.25, -0.2) is 4.79 Å². The summed E-state index contributed by atoms with van der Waals surface area (Å²) < 4.78 is 9.74. The zero-order chi connectivity index (χ0) is 7.40. The van der Waals surface area contributed by atoms with E-state index in [4.69, 9.17) is 4.74 Å². The fourth-order valence-corrected chi connectivity index (χ4v) is 0.813. The third-order valence-corrected chi connectivity index (χ3v) is 1.30. The van der Waals surface area contributed by atoms with Gasteiger partial charge in [0, 0.05) is 6.42 Å². The van der Waals surface area contributed by atoms with Crippen molar-refractivity contribution in [2.75, 3.05) is 13.2 Å². The number of carbonyl (C=O) groups is 1. The van der Waals surface area contributed by atoms with Gasteiger partial charge in [-0.15, -0.1) is 6.58 Å². The maximum Gasteiger partial charge on any atom is 0.335 e. The molecular weight excluding hydrogens is 132 g/mol. The fraction of sp³-hybridized carbons (Fsp3) is 0.571. The lowest BCUT2D eigenvalue weighted by molar-refractivity contribution is -0.146. The van der Waals surface area contributed by atoms with Gasteiger partial charge in [0.25, 0.3) is 0 Å². The molecule has 0 radical (unpaired) electrons. The molecule has 0 bridgehead atoms. The lowest BCUT2D eigenvalue weighted by Crippen LogP contribution is -2.18. The van der Waals surface area contributed by atoms with Gasteiger partial charge >= 0.3 is 5.97 Å². The summed E-state index contributed by atoms with van der Waals surface area (Å²) in [5.74, 6) is -0.248. The van der Waals surface area contributed by atoms with Gasteiger partial charge in [-0.1, -0.05) is 6.08 Å². The van der Waals surface area contributed by atoms with E-state index in [1.165, 1.54) is 0 Å². The number of hydrogen-bond acceptors (Lipinski definition) is 3. The Balaban J connectivity index is 2.26. The first-order valence-corrected chi connectivity index (χ1v) is 3.23. The van der Waals surface area contributed by atoms with Crippen molar-refractivity contribution in [2.45, 2.75) is 12.5 Å². The van der Waals surface area contributed by atoms with Crippen LogP contribution >= 0.6 is 0 Å². The van der Waals surface area contributed by atoms with E-state index >= 15 is 0 Å². The highest BCUT2D eigenvalue weighted by Crippen LogP contribution is 2.09. The summed E-state index contributed by atoms with van der Waals surface area (Å²) in [5, 5.41) is 0. The molecule has 1 heterocycles. The smallest absolute Gasteiger partial charge is 0.335 e. The second-order valence-electron chi connectivity index (χ2n) is 2.07. The molecule has 1 aliphatic rings. The fourth-order valence-electron chi connectivity index (χ4n) is 0.813. The summed E-state index contributed by atoms with van der Waals surface area (Å²) in [6.07, 6.45) is 1.94. The molecule has 10 heavy (non-hydrogen) atoms. The van der Waals surface area contributed by atoms with Gasteiger partial charge in [0.2, 0.25) is 0 Å². The highest BCUT2D eigenvalue weighted by atomic mass is 16.6. The SMILES string of the molecule is C=CCO[C@@H]1CCOC1=O. The van der Waals surface area contributed by atoms with E-state index < -0.39 is 0 Å². The minimum absolute atomic E-state index is 0.248. The number of esters is 1. The van der Waals surface area contributed by atoms with Crippen molar-refractivity contribution in [3.8, 4) is 0 Å². The van der Waals surface area contributed by atoms with Crippen LogP contribution in [0.25, 0.3) is 0 Å². The minimum Gasteiger partial charge on any atom is -0.464 e. The van der Waals surface area contributed by atoms with Crippen LogP contribution in [0.1, 0.15) is 6.42 Å². The molecule has 0 aromatic rings. The molecule has 3 nitrogen and oxygen atoms in total. The summed E-state index contributed by atoms with van der Waals surface area (Å²) in [6.45, 7) is 4.37. The molecule has 3 heteroatoms. The molecule has 0 amide bonds. The Labute approximate surface area is 59.6 Å². The predicted molar refractivity (Wildman–Crippen MR) is 35.5 cm³/mol. The molecule has 0 aromatic carbocycles.